The lowest BCUT2D eigenvalue weighted by molar-refractivity contribution is 0.181. The molecule has 0 spiro atoms. The highest BCUT2D eigenvalue weighted by atomic mass is 79.9. The summed E-state index contributed by atoms with van der Waals surface area (Å²) in [5.74, 6) is 0.657. The Morgan fingerprint density at radius 3 is 2.94 bits per heavy atom. The summed E-state index contributed by atoms with van der Waals surface area (Å²) >= 11 is 3.62. The molecule has 1 aliphatic heterocycles. The van der Waals surface area contributed by atoms with Crippen LogP contribution >= 0.6 is 15.9 Å². The van der Waals surface area contributed by atoms with Crippen LogP contribution in [0.25, 0.3) is 0 Å². The van der Waals surface area contributed by atoms with Crippen LogP contribution in [0.2, 0.25) is 0 Å². The topological polar surface area (TPSA) is 39.1 Å². The van der Waals surface area contributed by atoms with Gasteiger partial charge in [-0.05, 0) is 55.6 Å². The smallest absolute Gasteiger partial charge is 0.0698 e. The Morgan fingerprint density at radius 2 is 2.39 bits per heavy atom. The van der Waals surface area contributed by atoms with Crippen LogP contribution in [0.3, 0.4) is 0 Å². The fourth-order valence-corrected chi connectivity index (χ4v) is 3.11. The normalized spacial score (nSPS) is 21.7. The Hall–Kier alpha value is -0.390. The van der Waals surface area contributed by atoms with Crippen molar-refractivity contribution in [1.82, 2.24) is 15.1 Å². The van der Waals surface area contributed by atoms with Crippen molar-refractivity contribution in [3.8, 4) is 0 Å². The molecule has 0 aliphatic carbocycles. The number of nitrogens with zero attached hydrogens (tertiary/aromatic N) is 2. The molecule has 1 aromatic rings. The lowest BCUT2D eigenvalue weighted by Gasteiger charge is -2.22. The van der Waals surface area contributed by atoms with Gasteiger partial charge in [-0.15, -0.1) is 0 Å². The summed E-state index contributed by atoms with van der Waals surface area (Å²) in [5, 5.41) is 7.88. The van der Waals surface area contributed by atoms with Crippen molar-refractivity contribution in [2.24, 2.45) is 5.92 Å². The minimum Gasteiger partial charge on any atom is -0.381 e. The first kappa shape index (κ1) is 14.0. The Labute approximate surface area is 117 Å². The molecule has 2 heterocycles. The lowest BCUT2D eigenvalue weighted by atomic mass is 9.97. The molecule has 1 N–H and O–H groups in total. The molecular weight excluding hydrogens is 294 g/mol. The third-order valence-corrected chi connectivity index (χ3v) is 4.16. The third-order valence-electron chi connectivity index (χ3n) is 3.55. The zero-order valence-corrected chi connectivity index (χ0v) is 12.9. The van der Waals surface area contributed by atoms with Gasteiger partial charge in [-0.1, -0.05) is 0 Å². The van der Waals surface area contributed by atoms with Crippen LogP contribution in [0.4, 0.5) is 0 Å². The monoisotopic (exact) mass is 315 g/mol. The van der Waals surface area contributed by atoms with Gasteiger partial charge in [0.1, 0.15) is 0 Å². The Bertz CT molecular complexity index is 386. The highest BCUT2D eigenvalue weighted by Gasteiger charge is 2.25. The zero-order valence-electron chi connectivity index (χ0n) is 11.3. The van der Waals surface area contributed by atoms with E-state index in [9.17, 15) is 0 Å². The van der Waals surface area contributed by atoms with Crippen LogP contribution in [0.5, 0.6) is 0 Å². The highest BCUT2D eigenvalue weighted by molar-refractivity contribution is 9.10. The lowest BCUT2D eigenvalue weighted by Crippen LogP contribution is -2.24. The van der Waals surface area contributed by atoms with Crippen LogP contribution in [-0.2, 0) is 4.74 Å². The molecule has 1 saturated heterocycles. The molecule has 1 aliphatic rings. The summed E-state index contributed by atoms with van der Waals surface area (Å²) in [7, 11) is 2.02. The number of rotatable bonds is 5. The first-order valence-corrected chi connectivity index (χ1v) is 7.40. The zero-order chi connectivity index (χ0) is 13.1. The molecule has 0 aromatic carbocycles. The van der Waals surface area contributed by atoms with Crippen molar-refractivity contribution < 1.29 is 4.74 Å². The van der Waals surface area contributed by atoms with Crippen LogP contribution in [0.15, 0.2) is 10.7 Å². The van der Waals surface area contributed by atoms with E-state index in [1.807, 2.05) is 13.2 Å². The minimum atomic E-state index is 0.330. The molecule has 0 saturated carbocycles. The molecule has 18 heavy (non-hydrogen) atoms. The maximum Gasteiger partial charge on any atom is 0.0698 e. The Kier molecular flexibility index (Phi) is 4.81. The average molecular weight is 316 g/mol. The van der Waals surface area contributed by atoms with Crippen molar-refractivity contribution in [2.75, 3.05) is 20.3 Å². The molecule has 1 fully saturated rings. The van der Waals surface area contributed by atoms with E-state index in [2.05, 4.69) is 44.9 Å². The predicted octanol–water partition coefficient (Wildman–Crippen LogP) is 2.91. The van der Waals surface area contributed by atoms with Crippen LogP contribution in [0, 0.1) is 5.92 Å². The highest BCUT2D eigenvalue weighted by Crippen LogP contribution is 2.31. The van der Waals surface area contributed by atoms with E-state index >= 15 is 0 Å². The fraction of sp³-hybridized carbons (Fsp3) is 0.769. The van der Waals surface area contributed by atoms with Crippen LogP contribution in [0.1, 0.15) is 44.5 Å². The van der Waals surface area contributed by atoms with Crippen molar-refractivity contribution in [3.05, 3.63) is 16.4 Å². The van der Waals surface area contributed by atoms with Crippen molar-refractivity contribution >= 4 is 15.9 Å². The second-order valence-electron chi connectivity index (χ2n) is 5.22. The number of hydrogen-bond donors (Lipinski definition) is 1. The molecular formula is C13H22BrN3O. The third kappa shape index (κ3) is 2.95. The van der Waals surface area contributed by atoms with E-state index in [1.54, 1.807) is 0 Å². The molecule has 102 valence electrons. The maximum absolute atomic E-state index is 5.47. The molecule has 2 rings (SSSR count). The largest absolute Gasteiger partial charge is 0.381 e. The van der Waals surface area contributed by atoms with Gasteiger partial charge in [0, 0.05) is 19.3 Å². The molecule has 0 bridgehead atoms. The van der Waals surface area contributed by atoms with E-state index in [4.69, 9.17) is 4.74 Å². The number of halogens is 1. The first-order valence-electron chi connectivity index (χ1n) is 6.61. The van der Waals surface area contributed by atoms with Gasteiger partial charge in [-0.2, -0.15) is 5.10 Å². The molecule has 4 nitrogen and oxygen atoms in total. The van der Waals surface area contributed by atoms with Gasteiger partial charge in [0.25, 0.3) is 0 Å². The van der Waals surface area contributed by atoms with Gasteiger partial charge in [0.05, 0.1) is 22.4 Å². The van der Waals surface area contributed by atoms with Crippen LogP contribution < -0.4 is 5.32 Å². The Morgan fingerprint density at radius 1 is 1.61 bits per heavy atom. The van der Waals surface area contributed by atoms with Gasteiger partial charge in [-0.25, -0.2) is 0 Å². The van der Waals surface area contributed by atoms with Crippen molar-refractivity contribution in [1.29, 1.82) is 0 Å². The molecule has 0 radical (unpaired) electrons. The minimum absolute atomic E-state index is 0.330. The van der Waals surface area contributed by atoms with Crippen molar-refractivity contribution in [2.45, 2.75) is 38.8 Å². The van der Waals surface area contributed by atoms with Gasteiger partial charge in [-0.3, -0.25) is 4.68 Å². The predicted molar refractivity (Wildman–Crippen MR) is 75.7 cm³/mol. The summed E-state index contributed by atoms with van der Waals surface area (Å²) < 4.78 is 8.66. The van der Waals surface area contributed by atoms with Gasteiger partial charge in [0.2, 0.25) is 0 Å². The first-order chi connectivity index (χ1) is 8.63. The van der Waals surface area contributed by atoms with E-state index < -0.39 is 0 Å². The van der Waals surface area contributed by atoms with Crippen molar-refractivity contribution in [3.63, 3.8) is 0 Å². The van der Waals surface area contributed by atoms with E-state index in [0.717, 1.165) is 24.1 Å². The quantitative estimate of drug-likeness (QED) is 0.908. The molecule has 2 unspecified atom stereocenters. The number of ether oxygens (including phenoxy) is 1. The summed E-state index contributed by atoms with van der Waals surface area (Å²) in [6.07, 6.45) is 4.17. The van der Waals surface area contributed by atoms with Crippen LogP contribution in [-0.4, -0.2) is 30.0 Å². The molecule has 0 amide bonds. The second kappa shape index (κ2) is 6.17. The molecule has 2 atom stereocenters. The summed E-state index contributed by atoms with van der Waals surface area (Å²) in [5.41, 5.74) is 1.25. The summed E-state index contributed by atoms with van der Waals surface area (Å²) in [4.78, 5) is 0. The van der Waals surface area contributed by atoms with Gasteiger partial charge in [0.15, 0.2) is 0 Å². The number of aromatic nitrogens is 2. The van der Waals surface area contributed by atoms with Gasteiger partial charge >= 0.3 is 0 Å². The summed E-state index contributed by atoms with van der Waals surface area (Å²) in [6, 6.07) is 0.706. The SMILES string of the molecule is CNC(CC1CCOC1)c1c(Br)cnn1C(C)C. The van der Waals surface area contributed by atoms with E-state index in [0.29, 0.717) is 18.0 Å². The standard InChI is InChI=1S/C13H22BrN3O/c1-9(2)17-13(11(14)7-16-17)12(15-3)6-10-4-5-18-8-10/h7,9-10,12,15H,4-6,8H2,1-3H3. The van der Waals surface area contributed by atoms with E-state index in [1.165, 1.54) is 12.1 Å². The molecule has 1 aromatic heterocycles. The van der Waals surface area contributed by atoms with Gasteiger partial charge < -0.3 is 10.1 Å². The molecule has 5 heteroatoms. The summed E-state index contributed by atoms with van der Waals surface area (Å²) in [6.45, 7) is 6.13. The number of nitrogens with one attached hydrogen (secondary N) is 1. The van der Waals surface area contributed by atoms with E-state index in [-0.39, 0.29) is 0 Å². The second-order valence-corrected chi connectivity index (χ2v) is 6.08. The Balaban J connectivity index is 2.17. The average Bonchev–Trinajstić information content (AvgIpc) is 2.95. The number of hydrogen-bond acceptors (Lipinski definition) is 3. The fourth-order valence-electron chi connectivity index (χ4n) is 2.56. The maximum atomic E-state index is 5.47.